The molecule has 3 aromatic carbocycles. The Morgan fingerprint density at radius 1 is 0.951 bits per heavy atom. The number of aromatic nitrogens is 3. The number of carbonyl (C=O) groups excluding carboxylic acids is 5. The number of piperidine rings is 1. The van der Waals surface area contributed by atoms with Crippen LogP contribution in [-0.4, -0.2) is 62.4 Å². The molecule has 9 rings (SSSR count). The van der Waals surface area contributed by atoms with Gasteiger partial charge in [-0.1, -0.05) is 32.0 Å². The van der Waals surface area contributed by atoms with Crippen molar-refractivity contribution in [1.82, 2.24) is 30.5 Å². The van der Waals surface area contributed by atoms with Crippen molar-refractivity contribution in [2.75, 3.05) is 11.4 Å². The number of nitrogens with zero attached hydrogens (tertiary/aromatic N) is 4. The summed E-state index contributed by atoms with van der Waals surface area (Å²) in [7, 11) is 0. The van der Waals surface area contributed by atoms with Crippen LogP contribution < -0.4 is 15.5 Å². The lowest BCUT2D eigenvalue weighted by molar-refractivity contribution is -0.136. The number of hydrogen-bond acceptors (Lipinski definition) is 8. The van der Waals surface area contributed by atoms with Gasteiger partial charge in [-0.15, -0.1) is 0 Å². The molecule has 0 radical (unpaired) electrons. The molecule has 308 valence electrons. The lowest BCUT2D eigenvalue weighted by atomic mass is 9.91. The zero-order valence-electron chi connectivity index (χ0n) is 33.4. The number of aldehydes is 1. The molecule has 1 fully saturated rings. The number of benzene rings is 3. The molecule has 1 atom stereocenters. The number of aromatic amines is 1. The van der Waals surface area contributed by atoms with Gasteiger partial charge in [-0.2, -0.15) is 0 Å². The average molecular weight is 822 g/mol. The van der Waals surface area contributed by atoms with E-state index in [9.17, 15) is 32.8 Å². The molecule has 0 bridgehead atoms. The summed E-state index contributed by atoms with van der Waals surface area (Å²) < 4.78 is 29.7. The van der Waals surface area contributed by atoms with E-state index in [1.807, 2.05) is 18.2 Å². The van der Waals surface area contributed by atoms with Crippen LogP contribution in [0.15, 0.2) is 85.5 Å². The molecule has 14 heteroatoms. The van der Waals surface area contributed by atoms with Crippen LogP contribution in [0.2, 0.25) is 0 Å². The molecule has 12 nitrogen and oxygen atoms in total. The van der Waals surface area contributed by atoms with Gasteiger partial charge < -0.3 is 20.1 Å². The van der Waals surface area contributed by atoms with E-state index in [0.29, 0.717) is 46.5 Å². The minimum atomic E-state index is -2.78. The van der Waals surface area contributed by atoms with Gasteiger partial charge in [0.1, 0.15) is 11.7 Å². The van der Waals surface area contributed by atoms with Gasteiger partial charge in [-0.3, -0.25) is 39.3 Å². The topological polar surface area (TPSA) is 157 Å². The highest BCUT2D eigenvalue weighted by Crippen LogP contribution is 2.43. The fourth-order valence-electron chi connectivity index (χ4n) is 8.87. The molecule has 1 saturated heterocycles. The van der Waals surface area contributed by atoms with Gasteiger partial charge in [-0.05, 0) is 101 Å². The Labute approximate surface area is 349 Å². The predicted octanol–water partition coefficient (Wildman–Crippen LogP) is 7.94. The molecule has 0 saturated carbocycles. The van der Waals surface area contributed by atoms with Crippen molar-refractivity contribution in [3.05, 3.63) is 130 Å². The molecule has 6 heterocycles. The Bertz CT molecular complexity index is 2780. The lowest BCUT2D eigenvalue weighted by Gasteiger charge is -2.33. The Balaban J connectivity index is 0.919. The van der Waals surface area contributed by atoms with Crippen molar-refractivity contribution < 1.29 is 32.8 Å². The van der Waals surface area contributed by atoms with Crippen LogP contribution in [-0.2, 0) is 29.1 Å². The maximum atomic E-state index is 14.9. The summed E-state index contributed by atoms with van der Waals surface area (Å²) in [6.07, 6.45) is 6.39. The number of pyridine rings is 2. The van der Waals surface area contributed by atoms with Crippen molar-refractivity contribution >= 4 is 52.2 Å². The van der Waals surface area contributed by atoms with Gasteiger partial charge in [0, 0.05) is 101 Å². The van der Waals surface area contributed by atoms with Gasteiger partial charge in [-0.25, -0.2) is 8.78 Å². The number of carbonyl (C=O) groups is 5. The van der Waals surface area contributed by atoms with Gasteiger partial charge in [0.25, 0.3) is 18.2 Å². The molecule has 1 unspecified atom stereocenters. The molecule has 4 amide bonds. The van der Waals surface area contributed by atoms with Crippen LogP contribution in [0.5, 0.6) is 0 Å². The number of H-pyrrole nitrogens is 1. The van der Waals surface area contributed by atoms with Gasteiger partial charge >= 0.3 is 0 Å². The van der Waals surface area contributed by atoms with Gasteiger partial charge in [0.2, 0.25) is 11.8 Å². The quantitative estimate of drug-likeness (QED) is 0.0929. The lowest BCUT2D eigenvalue weighted by Crippen LogP contribution is -2.52. The highest BCUT2D eigenvalue weighted by molar-refractivity contribution is 6.06. The first-order valence-electron chi connectivity index (χ1n) is 20.3. The van der Waals surface area contributed by atoms with E-state index in [2.05, 4.69) is 50.4 Å². The molecule has 6 aromatic rings. The van der Waals surface area contributed by atoms with Crippen molar-refractivity contribution in [2.24, 2.45) is 0 Å². The van der Waals surface area contributed by atoms with Crippen molar-refractivity contribution in [1.29, 1.82) is 0 Å². The van der Waals surface area contributed by atoms with E-state index >= 15 is 0 Å². The van der Waals surface area contributed by atoms with E-state index in [-0.39, 0.29) is 54.9 Å². The third-order valence-electron chi connectivity index (χ3n) is 11.9. The van der Waals surface area contributed by atoms with Crippen LogP contribution in [0.1, 0.15) is 104 Å². The summed E-state index contributed by atoms with van der Waals surface area (Å²) in [6.45, 7) is 5.11. The van der Waals surface area contributed by atoms with E-state index in [1.165, 1.54) is 17.2 Å². The summed E-state index contributed by atoms with van der Waals surface area (Å²) in [5, 5.41) is 5.99. The molecular weight excluding hydrogens is 781 g/mol. The summed E-state index contributed by atoms with van der Waals surface area (Å²) in [4.78, 5) is 78.4. The van der Waals surface area contributed by atoms with Crippen molar-refractivity contribution in [3.63, 3.8) is 0 Å². The molecule has 3 aromatic heterocycles. The largest absolute Gasteiger partial charge is 0.360 e. The van der Waals surface area contributed by atoms with Crippen molar-refractivity contribution in [2.45, 2.75) is 71.0 Å². The monoisotopic (exact) mass is 821 g/mol. The number of amides is 4. The number of imide groups is 1. The molecular formula is C47H41F2N7O5. The second kappa shape index (κ2) is 15.8. The number of anilines is 2. The first-order valence-corrected chi connectivity index (χ1v) is 20.3. The van der Waals surface area contributed by atoms with Crippen molar-refractivity contribution in [3.8, 4) is 22.3 Å². The molecule has 3 aliphatic heterocycles. The number of nitrogens with one attached hydrogen (secondary N) is 3. The third kappa shape index (κ3) is 7.21. The fraction of sp³-hybridized carbons (Fsp3) is 0.255. The number of rotatable bonds is 10. The minimum Gasteiger partial charge on any atom is -0.360 e. The molecule has 3 N–H and O–H groups in total. The maximum absolute atomic E-state index is 14.9. The van der Waals surface area contributed by atoms with Gasteiger partial charge in [0.15, 0.2) is 6.29 Å². The summed E-state index contributed by atoms with van der Waals surface area (Å²) in [6, 6.07) is 17.0. The van der Waals surface area contributed by atoms with Gasteiger partial charge in [0.05, 0.1) is 0 Å². The average Bonchev–Trinajstić information content (AvgIpc) is 3.84. The van der Waals surface area contributed by atoms with Crippen LogP contribution in [0.4, 0.5) is 20.2 Å². The summed E-state index contributed by atoms with van der Waals surface area (Å²) >= 11 is 0. The minimum absolute atomic E-state index is 0.110. The number of halogens is 2. The van der Waals surface area contributed by atoms with E-state index in [0.717, 1.165) is 57.1 Å². The SMILES string of the molecule is CC(C)c1cc(N2CCCc3cc(-c4ccc(C(=O)NCc5cncc(-c6cccc7c6CN(C6CCC(=O)NC6=O)C7=O)c5)nc4)c(C(F)F)cc32)cc2c(C=O)c[nH]c12. The Hall–Kier alpha value is -7.09. The number of hydrogen-bond donors (Lipinski definition) is 3. The highest BCUT2D eigenvalue weighted by Gasteiger charge is 2.40. The number of alkyl halides is 2. The Morgan fingerprint density at radius 3 is 2.54 bits per heavy atom. The third-order valence-corrected chi connectivity index (χ3v) is 11.9. The highest BCUT2D eigenvalue weighted by atomic mass is 19.3. The van der Waals surface area contributed by atoms with Crippen LogP contribution in [0.3, 0.4) is 0 Å². The Kier molecular flexibility index (Phi) is 10.2. The molecule has 3 aliphatic rings. The zero-order chi connectivity index (χ0) is 42.5. The van der Waals surface area contributed by atoms with E-state index in [1.54, 1.807) is 48.9 Å². The van der Waals surface area contributed by atoms with Crippen LogP contribution >= 0.6 is 0 Å². The molecule has 0 spiro atoms. The molecule has 0 aliphatic carbocycles. The molecule has 61 heavy (non-hydrogen) atoms. The number of aryl methyl sites for hydroxylation is 1. The second-order valence-corrected chi connectivity index (χ2v) is 16.0. The smallest absolute Gasteiger partial charge is 0.270 e. The summed E-state index contributed by atoms with van der Waals surface area (Å²) in [5.74, 6) is -1.41. The summed E-state index contributed by atoms with van der Waals surface area (Å²) in [5.41, 5.74) is 9.11. The van der Waals surface area contributed by atoms with Crippen LogP contribution in [0.25, 0.3) is 33.2 Å². The first kappa shape index (κ1) is 39.4. The Morgan fingerprint density at radius 2 is 1.79 bits per heavy atom. The first-order chi connectivity index (χ1) is 29.5. The second-order valence-electron chi connectivity index (χ2n) is 16.0. The number of fused-ring (bicyclic) bond motifs is 3. The van der Waals surface area contributed by atoms with Crippen LogP contribution in [0, 0.1) is 0 Å². The normalized spacial score (nSPS) is 16.3. The van der Waals surface area contributed by atoms with E-state index < -0.39 is 24.3 Å². The maximum Gasteiger partial charge on any atom is 0.270 e. The predicted molar refractivity (Wildman–Crippen MR) is 225 cm³/mol. The van der Waals surface area contributed by atoms with E-state index in [4.69, 9.17) is 0 Å². The standard InChI is InChI=1S/C47H41F2N7O5/c1-25(2)34-15-31(16-36-30(24-57)22-52-43(34)36)55-12-4-5-27-14-35(37(44(48)49)17-41(27)55)28-8-9-39(51-21-28)45(59)53-19-26-13-29(20-50-18-26)32-6-3-7-33-38(32)23-56(47(33)61)40-10-11-42(58)54-46(40)60/h3,6-9,13-18,20-22,24-25,40,44,52H,4-5,10-12,19,23H2,1-2H3,(H,53,59)(H,54,58,60). The zero-order valence-corrected chi connectivity index (χ0v) is 33.4. The fourth-order valence-corrected chi connectivity index (χ4v) is 8.87.